The molecule has 0 aliphatic rings. The molecular formula is C62H118NO8P. The van der Waals surface area contributed by atoms with Crippen molar-refractivity contribution in [2.45, 2.75) is 302 Å². The molecule has 2 atom stereocenters. The average molecular weight is 1040 g/mol. The van der Waals surface area contributed by atoms with Crippen LogP contribution in [0.5, 0.6) is 0 Å². The maximum Gasteiger partial charge on any atom is 0.306 e. The molecule has 10 heteroatoms. The third-order valence-electron chi connectivity index (χ3n) is 13.7. The van der Waals surface area contributed by atoms with Gasteiger partial charge in [0.05, 0.1) is 27.7 Å². The monoisotopic (exact) mass is 1040 g/mol. The summed E-state index contributed by atoms with van der Waals surface area (Å²) >= 11 is 0. The number of rotatable bonds is 57. The molecule has 0 N–H and O–H groups in total. The van der Waals surface area contributed by atoms with Gasteiger partial charge in [0.2, 0.25) is 0 Å². The van der Waals surface area contributed by atoms with Gasteiger partial charge in [0, 0.05) is 12.8 Å². The molecule has 0 spiro atoms. The average Bonchev–Trinajstić information content (AvgIpc) is 3.34. The number of quaternary nitrogens is 1. The van der Waals surface area contributed by atoms with Crippen LogP contribution in [0.25, 0.3) is 0 Å². The Kier molecular flexibility index (Phi) is 52.7. The summed E-state index contributed by atoms with van der Waals surface area (Å²) in [5.74, 6) is -0.818. The van der Waals surface area contributed by atoms with Crippen molar-refractivity contribution in [1.82, 2.24) is 0 Å². The Morgan fingerprint density at radius 1 is 0.431 bits per heavy atom. The maximum atomic E-state index is 12.8. The first-order valence-corrected chi connectivity index (χ1v) is 32.2. The van der Waals surface area contributed by atoms with Crippen LogP contribution in [0.4, 0.5) is 0 Å². The molecule has 0 radical (unpaired) electrons. The van der Waals surface area contributed by atoms with Gasteiger partial charge in [-0.1, -0.05) is 269 Å². The highest BCUT2D eigenvalue weighted by atomic mass is 31.2. The maximum absolute atomic E-state index is 12.8. The highest BCUT2D eigenvalue weighted by molar-refractivity contribution is 7.45. The van der Waals surface area contributed by atoms with Gasteiger partial charge in [-0.05, 0) is 51.4 Å². The molecule has 0 rings (SSSR count). The van der Waals surface area contributed by atoms with Crippen LogP contribution < -0.4 is 4.89 Å². The third kappa shape index (κ3) is 57.5. The Morgan fingerprint density at radius 2 is 0.750 bits per heavy atom. The third-order valence-corrected chi connectivity index (χ3v) is 14.6. The summed E-state index contributed by atoms with van der Waals surface area (Å²) in [6, 6.07) is 0. The summed E-state index contributed by atoms with van der Waals surface area (Å²) in [6.45, 7) is 4.28. The standard InChI is InChI=1S/C62H118NO8P/c1-6-8-10-12-14-16-18-20-22-24-26-27-28-29-30-31-32-33-34-35-37-39-41-43-45-47-49-51-53-55-62(65)71-60(59-70-72(66,67)69-57-56-63(3,4)5)58-68-61(64)54-52-50-48-46-44-42-40-38-36-25-23-21-19-17-15-13-11-9-7-2/h18,20,24,26,28-29,60H,6-17,19,21-23,25,27,30-59H2,1-5H3/b20-18-,26-24-,29-28-. The largest absolute Gasteiger partial charge is 0.756 e. The number of hydrogen-bond acceptors (Lipinski definition) is 8. The van der Waals surface area contributed by atoms with Crippen molar-refractivity contribution in [3.8, 4) is 0 Å². The Labute approximate surface area is 446 Å². The van der Waals surface area contributed by atoms with Gasteiger partial charge in [-0.25, -0.2) is 0 Å². The Balaban J connectivity index is 4.09. The van der Waals surface area contributed by atoms with E-state index in [1.807, 2.05) is 21.1 Å². The van der Waals surface area contributed by atoms with Gasteiger partial charge in [0.15, 0.2) is 6.10 Å². The van der Waals surface area contributed by atoms with E-state index in [1.165, 1.54) is 212 Å². The fourth-order valence-electron chi connectivity index (χ4n) is 8.90. The van der Waals surface area contributed by atoms with Gasteiger partial charge in [-0.2, -0.15) is 0 Å². The number of ether oxygens (including phenoxy) is 2. The smallest absolute Gasteiger partial charge is 0.306 e. The molecule has 0 aromatic rings. The van der Waals surface area contributed by atoms with Gasteiger partial charge in [0.1, 0.15) is 19.8 Å². The fraction of sp³-hybridized carbons (Fsp3) is 0.871. The van der Waals surface area contributed by atoms with Crippen molar-refractivity contribution >= 4 is 19.8 Å². The van der Waals surface area contributed by atoms with Gasteiger partial charge in [0.25, 0.3) is 7.82 Å². The van der Waals surface area contributed by atoms with Crippen LogP contribution in [0.1, 0.15) is 296 Å². The van der Waals surface area contributed by atoms with E-state index in [4.69, 9.17) is 18.5 Å². The second kappa shape index (κ2) is 54.0. The number of likely N-dealkylation sites (N-methyl/N-ethyl adjacent to an activating group) is 1. The van der Waals surface area contributed by atoms with Crippen LogP contribution in [0, 0.1) is 0 Å². The molecular weight excluding hydrogens is 918 g/mol. The molecule has 0 aromatic carbocycles. The number of nitrogens with zero attached hydrogens (tertiary/aromatic N) is 1. The first kappa shape index (κ1) is 70.2. The first-order chi connectivity index (χ1) is 35.0. The predicted molar refractivity (Wildman–Crippen MR) is 305 cm³/mol. The summed E-state index contributed by atoms with van der Waals surface area (Å²) < 4.78 is 34.2. The van der Waals surface area contributed by atoms with Crippen molar-refractivity contribution in [2.75, 3.05) is 47.5 Å². The predicted octanol–water partition coefficient (Wildman–Crippen LogP) is 18.5. The Morgan fingerprint density at radius 3 is 1.11 bits per heavy atom. The van der Waals surface area contributed by atoms with Gasteiger partial charge in [-0.15, -0.1) is 0 Å². The minimum atomic E-state index is -4.63. The van der Waals surface area contributed by atoms with E-state index in [9.17, 15) is 19.0 Å². The number of phosphoric ester groups is 1. The lowest BCUT2D eigenvalue weighted by molar-refractivity contribution is -0.870. The number of carbonyl (C=O) groups is 2. The molecule has 0 aliphatic carbocycles. The van der Waals surface area contributed by atoms with E-state index in [0.29, 0.717) is 17.4 Å². The van der Waals surface area contributed by atoms with E-state index in [-0.39, 0.29) is 32.0 Å². The molecule has 0 amide bonds. The second-order valence-corrected chi connectivity index (χ2v) is 23.5. The van der Waals surface area contributed by atoms with E-state index in [1.54, 1.807) is 0 Å². The summed E-state index contributed by atoms with van der Waals surface area (Å²) in [7, 11) is 1.18. The van der Waals surface area contributed by atoms with E-state index < -0.39 is 26.5 Å². The van der Waals surface area contributed by atoms with Crippen molar-refractivity contribution in [1.29, 1.82) is 0 Å². The van der Waals surface area contributed by atoms with Crippen molar-refractivity contribution in [3.05, 3.63) is 36.5 Å². The van der Waals surface area contributed by atoms with Crippen LogP contribution in [0.15, 0.2) is 36.5 Å². The lowest BCUT2D eigenvalue weighted by atomic mass is 10.0. The van der Waals surface area contributed by atoms with Crippen molar-refractivity contribution in [3.63, 3.8) is 0 Å². The number of phosphoric acid groups is 1. The topological polar surface area (TPSA) is 111 Å². The van der Waals surface area contributed by atoms with Crippen LogP contribution in [-0.2, 0) is 32.7 Å². The molecule has 2 unspecified atom stereocenters. The number of unbranched alkanes of at least 4 members (excludes halogenated alkanes) is 37. The summed E-state index contributed by atoms with van der Waals surface area (Å²) in [5.41, 5.74) is 0. The number of hydrogen-bond donors (Lipinski definition) is 0. The summed E-state index contributed by atoms with van der Waals surface area (Å²) in [6.07, 6.45) is 66.2. The number of esters is 2. The van der Waals surface area contributed by atoms with Gasteiger partial charge < -0.3 is 27.9 Å². The van der Waals surface area contributed by atoms with Crippen molar-refractivity contribution in [2.24, 2.45) is 0 Å². The van der Waals surface area contributed by atoms with Crippen molar-refractivity contribution < 1.29 is 42.1 Å². The summed E-state index contributed by atoms with van der Waals surface area (Å²) in [4.78, 5) is 37.9. The van der Waals surface area contributed by atoms with E-state index >= 15 is 0 Å². The highest BCUT2D eigenvalue weighted by Crippen LogP contribution is 2.38. The van der Waals surface area contributed by atoms with Crippen LogP contribution >= 0.6 is 7.82 Å². The molecule has 424 valence electrons. The van der Waals surface area contributed by atoms with E-state index in [2.05, 4.69) is 50.3 Å². The SMILES string of the molecule is CCCCCCC/C=C\C/C=C\C/C=C\CCCCCCCCCCCCCCCCC(=O)OC(COC(=O)CCCCCCCCCCCCCCCCCCCCC)COP(=O)([O-])OCC[N+](C)(C)C. The zero-order valence-electron chi connectivity index (χ0n) is 48.1. The minimum absolute atomic E-state index is 0.0288. The molecule has 0 aromatic heterocycles. The first-order valence-electron chi connectivity index (χ1n) is 30.7. The lowest BCUT2D eigenvalue weighted by Gasteiger charge is -2.28. The highest BCUT2D eigenvalue weighted by Gasteiger charge is 2.22. The molecule has 0 aliphatic heterocycles. The second-order valence-electron chi connectivity index (χ2n) is 22.1. The van der Waals surface area contributed by atoms with Gasteiger partial charge in [-0.3, -0.25) is 14.2 Å². The zero-order chi connectivity index (χ0) is 52.7. The molecule has 72 heavy (non-hydrogen) atoms. The van der Waals surface area contributed by atoms with Crippen LogP contribution in [-0.4, -0.2) is 70.0 Å². The molecule has 0 heterocycles. The Bertz CT molecular complexity index is 1310. The number of allylic oxidation sites excluding steroid dienone is 6. The summed E-state index contributed by atoms with van der Waals surface area (Å²) in [5, 5.41) is 0. The van der Waals surface area contributed by atoms with Crippen LogP contribution in [0.2, 0.25) is 0 Å². The quantitative estimate of drug-likeness (QED) is 0.0195. The molecule has 9 nitrogen and oxygen atoms in total. The van der Waals surface area contributed by atoms with Crippen LogP contribution in [0.3, 0.4) is 0 Å². The molecule has 0 fully saturated rings. The normalized spacial score (nSPS) is 13.5. The molecule has 0 saturated heterocycles. The minimum Gasteiger partial charge on any atom is -0.756 e. The zero-order valence-corrected chi connectivity index (χ0v) is 49.0. The van der Waals surface area contributed by atoms with Gasteiger partial charge >= 0.3 is 11.9 Å². The van der Waals surface area contributed by atoms with E-state index in [0.717, 1.165) is 51.4 Å². The fourth-order valence-corrected chi connectivity index (χ4v) is 9.63. The Hall–Kier alpha value is -1.77. The molecule has 0 saturated carbocycles. The molecule has 0 bridgehead atoms. The lowest BCUT2D eigenvalue weighted by Crippen LogP contribution is -2.37. The number of carbonyl (C=O) groups excluding carboxylic acids is 2.